The topological polar surface area (TPSA) is 29.5 Å². The molecular weight excluding hydrogens is 183 g/mol. The van der Waals surface area contributed by atoms with Crippen LogP contribution in [0.15, 0.2) is 12.1 Å². The predicted octanol–water partition coefficient (Wildman–Crippen LogP) is 2.84. The SMILES string of the molecule is COc1cc(F)c(C(C)(C)C)cc1O. The molecule has 0 saturated carbocycles. The first-order chi connectivity index (χ1) is 6.36. The minimum Gasteiger partial charge on any atom is -0.504 e. The third-order valence-corrected chi connectivity index (χ3v) is 2.08. The van der Waals surface area contributed by atoms with E-state index in [9.17, 15) is 9.50 Å². The number of rotatable bonds is 1. The Balaban J connectivity index is 3.29. The highest BCUT2D eigenvalue weighted by Gasteiger charge is 2.20. The third kappa shape index (κ3) is 1.97. The van der Waals surface area contributed by atoms with Crippen LogP contribution in [0.2, 0.25) is 0 Å². The van der Waals surface area contributed by atoms with Crippen molar-refractivity contribution in [2.75, 3.05) is 7.11 Å². The maximum Gasteiger partial charge on any atom is 0.163 e. The fourth-order valence-corrected chi connectivity index (χ4v) is 1.28. The van der Waals surface area contributed by atoms with Crippen molar-refractivity contribution in [3.63, 3.8) is 0 Å². The van der Waals surface area contributed by atoms with E-state index >= 15 is 0 Å². The Morgan fingerprint density at radius 3 is 2.29 bits per heavy atom. The highest BCUT2D eigenvalue weighted by Crippen LogP contribution is 2.34. The lowest BCUT2D eigenvalue weighted by molar-refractivity contribution is 0.367. The van der Waals surface area contributed by atoms with Gasteiger partial charge in [-0.3, -0.25) is 0 Å². The molecule has 0 aromatic heterocycles. The van der Waals surface area contributed by atoms with Gasteiger partial charge >= 0.3 is 0 Å². The summed E-state index contributed by atoms with van der Waals surface area (Å²) in [5.41, 5.74) is 0.157. The minimum atomic E-state index is -0.354. The smallest absolute Gasteiger partial charge is 0.163 e. The van der Waals surface area contributed by atoms with Crippen LogP contribution in [0.25, 0.3) is 0 Å². The number of halogens is 1. The van der Waals surface area contributed by atoms with Crippen molar-refractivity contribution < 1.29 is 14.2 Å². The van der Waals surface area contributed by atoms with Crippen LogP contribution in [0.3, 0.4) is 0 Å². The van der Waals surface area contributed by atoms with E-state index in [2.05, 4.69) is 0 Å². The van der Waals surface area contributed by atoms with E-state index in [1.807, 2.05) is 20.8 Å². The van der Waals surface area contributed by atoms with Crippen LogP contribution >= 0.6 is 0 Å². The van der Waals surface area contributed by atoms with E-state index in [1.165, 1.54) is 19.2 Å². The summed E-state index contributed by atoms with van der Waals surface area (Å²) in [5, 5.41) is 9.49. The van der Waals surface area contributed by atoms with Gasteiger partial charge in [-0.05, 0) is 17.0 Å². The molecule has 0 aliphatic rings. The standard InChI is InChI=1S/C11H15FO2/c1-11(2,3)7-5-9(13)10(14-4)6-8(7)12/h5-6,13H,1-4H3. The number of ether oxygens (including phenoxy) is 1. The van der Waals surface area contributed by atoms with Gasteiger partial charge in [-0.1, -0.05) is 20.8 Å². The highest BCUT2D eigenvalue weighted by molar-refractivity contribution is 5.44. The zero-order valence-electron chi connectivity index (χ0n) is 8.89. The second kappa shape index (κ2) is 3.48. The van der Waals surface area contributed by atoms with Gasteiger partial charge in [0.2, 0.25) is 0 Å². The monoisotopic (exact) mass is 198 g/mol. The number of methoxy groups -OCH3 is 1. The Hall–Kier alpha value is -1.25. The van der Waals surface area contributed by atoms with Crippen LogP contribution in [0.5, 0.6) is 11.5 Å². The Morgan fingerprint density at radius 1 is 1.29 bits per heavy atom. The Labute approximate surface area is 83.3 Å². The number of phenolic OH excluding ortho intramolecular Hbond substituents is 1. The van der Waals surface area contributed by atoms with E-state index in [1.54, 1.807) is 0 Å². The molecular formula is C11H15FO2. The molecule has 0 radical (unpaired) electrons. The molecule has 0 aliphatic carbocycles. The van der Waals surface area contributed by atoms with Gasteiger partial charge in [0.05, 0.1) is 7.11 Å². The van der Waals surface area contributed by atoms with Crippen molar-refractivity contribution in [3.05, 3.63) is 23.5 Å². The molecule has 2 nitrogen and oxygen atoms in total. The van der Waals surface area contributed by atoms with Gasteiger partial charge in [0, 0.05) is 6.07 Å². The van der Waals surface area contributed by atoms with Crippen molar-refractivity contribution in [1.82, 2.24) is 0 Å². The number of aromatic hydroxyl groups is 1. The molecule has 0 aliphatic heterocycles. The zero-order valence-corrected chi connectivity index (χ0v) is 8.89. The Bertz CT molecular complexity index is 340. The summed E-state index contributed by atoms with van der Waals surface area (Å²) in [7, 11) is 1.39. The van der Waals surface area contributed by atoms with Crippen molar-refractivity contribution in [2.45, 2.75) is 26.2 Å². The fraction of sp³-hybridized carbons (Fsp3) is 0.455. The highest BCUT2D eigenvalue weighted by atomic mass is 19.1. The van der Waals surface area contributed by atoms with Gasteiger partial charge < -0.3 is 9.84 Å². The average molecular weight is 198 g/mol. The normalized spacial score (nSPS) is 11.5. The molecule has 14 heavy (non-hydrogen) atoms. The quantitative estimate of drug-likeness (QED) is 0.751. The molecule has 0 bridgehead atoms. The molecule has 0 saturated heterocycles. The third-order valence-electron chi connectivity index (χ3n) is 2.08. The summed E-state index contributed by atoms with van der Waals surface area (Å²) in [4.78, 5) is 0. The summed E-state index contributed by atoms with van der Waals surface area (Å²) >= 11 is 0. The van der Waals surface area contributed by atoms with Crippen LogP contribution in [-0.4, -0.2) is 12.2 Å². The Morgan fingerprint density at radius 2 is 1.86 bits per heavy atom. The molecule has 3 heteroatoms. The first-order valence-corrected chi connectivity index (χ1v) is 4.43. The summed E-state index contributed by atoms with van der Waals surface area (Å²) in [6.07, 6.45) is 0. The first-order valence-electron chi connectivity index (χ1n) is 4.43. The van der Waals surface area contributed by atoms with Gasteiger partial charge in [-0.15, -0.1) is 0 Å². The van der Waals surface area contributed by atoms with Gasteiger partial charge in [-0.2, -0.15) is 0 Å². The predicted molar refractivity (Wildman–Crippen MR) is 53.3 cm³/mol. The van der Waals surface area contributed by atoms with Crippen molar-refractivity contribution in [2.24, 2.45) is 0 Å². The van der Waals surface area contributed by atoms with Crippen LogP contribution in [0.4, 0.5) is 4.39 Å². The Kier molecular flexibility index (Phi) is 2.69. The molecule has 1 aromatic rings. The minimum absolute atomic E-state index is 0.0289. The summed E-state index contributed by atoms with van der Waals surface area (Å²) in [5.74, 6) is -0.221. The van der Waals surface area contributed by atoms with Gasteiger partial charge in [-0.25, -0.2) is 4.39 Å². The zero-order chi connectivity index (χ0) is 10.9. The molecule has 0 unspecified atom stereocenters. The molecule has 1 N–H and O–H groups in total. The first kappa shape index (κ1) is 10.8. The van der Waals surface area contributed by atoms with Gasteiger partial charge in [0.15, 0.2) is 11.5 Å². The van der Waals surface area contributed by atoms with E-state index < -0.39 is 0 Å². The number of hydrogen-bond acceptors (Lipinski definition) is 2. The lowest BCUT2D eigenvalue weighted by Gasteiger charge is -2.20. The summed E-state index contributed by atoms with van der Waals surface area (Å²) in [6.45, 7) is 5.66. The molecule has 0 atom stereocenters. The maximum atomic E-state index is 13.5. The lowest BCUT2D eigenvalue weighted by Crippen LogP contribution is -2.13. The molecule has 78 valence electrons. The number of benzene rings is 1. The molecule has 1 rings (SSSR count). The largest absolute Gasteiger partial charge is 0.504 e. The fourth-order valence-electron chi connectivity index (χ4n) is 1.28. The van der Waals surface area contributed by atoms with Crippen LogP contribution in [0.1, 0.15) is 26.3 Å². The average Bonchev–Trinajstić information content (AvgIpc) is 2.06. The van der Waals surface area contributed by atoms with Crippen molar-refractivity contribution >= 4 is 0 Å². The molecule has 1 aromatic carbocycles. The molecule has 0 spiro atoms. The van der Waals surface area contributed by atoms with Crippen molar-refractivity contribution in [1.29, 1.82) is 0 Å². The van der Waals surface area contributed by atoms with E-state index in [4.69, 9.17) is 4.74 Å². The van der Waals surface area contributed by atoms with Crippen LogP contribution in [-0.2, 0) is 5.41 Å². The second-order valence-corrected chi connectivity index (χ2v) is 4.25. The van der Waals surface area contributed by atoms with E-state index in [-0.39, 0.29) is 22.7 Å². The number of phenols is 1. The maximum absolute atomic E-state index is 13.5. The molecule has 0 amide bonds. The summed E-state index contributed by atoms with van der Waals surface area (Å²) in [6, 6.07) is 2.62. The molecule has 0 heterocycles. The van der Waals surface area contributed by atoms with Crippen molar-refractivity contribution in [3.8, 4) is 11.5 Å². The van der Waals surface area contributed by atoms with Crippen LogP contribution in [0, 0.1) is 5.82 Å². The van der Waals surface area contributed by atoms with E-state index in [0.717, 1.165) is 0 Å². The van der Waals surface area contributed by atoms with E-state index in [0.29, 0.717) is 5.56 Å². The summed E-state index contributed by atoms with van der Waals surface area (Å²) < 4.78 is 18.3. The number of hydrogen-bond donors (Lipinski definition) is 1. The van der Waals surface area contributed by atoms with Gasteiger partial charge in [0.25, 0.3) is 0 Å². The lowest BCUT2D eigenvalue weighted by atomic mass is 9.86. The van der Waals surface area contributed by atoms with Crippen LogP contribution < -0.4 is 4.74 Å². The molecule has 0 fully saturated rings. The van der Waals surface area contributed by atoms with Gasteiger partial charge in [0.1, 0.15) is 5.82 Å². The second-order valence-electron chi connectivity index (χ2n) is 4.25.